The van der Waals surface area contributed by atoms with Crippen molar-refractivity contribution in [3.63, 3.8) is 0 Å². The summed E-state index contributed by atoms with van der Waals surface area (Å²) in [5, 5.41) is 0.960. The molecule has 0 spiro atoms. The zero-order chi connectivity index (χ0) is 14.7. The average molecular weight is 382 g/mol. The van der Waals surface area contributed by atoms with Crippen molar-refractivity contribution >= 4 is 39.1 Å². The Morgan fingerprint density at radius 2 is 1.70 bits per heavy atom. The summed E-state index contributed by atoms with van der Waals surface area (Å²) in [7, 11) is 0. The SMILES string of the molecule is FC(F)Oc1ccccc1C(Br)c1ccc(Cl)cc1Cl. The van der Waals surface area contributed by atoms with Crippen molar-refractivity contribution in [3.8, 4) is 5.75 Å². The van der Waals surface area contributed by atoms with Gasteiger partial charge in [-0.2, -0.15) is 8.78 Å². The lowest BCUT2D eigenvalue weighted by atomic mass is 10.0. The molecule has 1 unspecified atom stereocenters. The number of hydrogen-bond donors (Lipinski definition) is 0. The van der Waals surface area contributed by atoms with Crippen LogP contribution in [-0.2, 0) is 0 Å². The Kier molecular flexibility index (Phi) is 5.24. The molecule has 0 saturated heterocycles. The van der Waals surface area contributed by atoms with Crippen molar-refractivity contribution in [2.75, 3.05) is 0 Å². The van der Waals surface area contributed by atoms with Gasteiger partial charge in [0, 0.05) is 15.6 Å². The number of alkyl halides is 3. The summed E-state index contributed by atoms with van der Waals surface area (Å²) in [6.07, 6.45) is 0. The monoisotopic (exact) mass is 380 g/mol. The third kappa shape index (κ3) is 3.62. The molecule has 2 aromatic rings. The van der Waals surface area contributed by atoms with Gasteiger partial charge in [0.05, 0.1) is 4.83 Å². The molecule has 0 fully saturated rings. The van der Waals surface area contributed by atoms with Gasteiger partial charge < -0.3 is 4.74 Å². The van der Waals surface area contributed by atoms with Crippen LogP contribution in [0.5, 0.6) is 5.75 Å². The van der Waals surface area contributed by atoms with E-state index in [9.17, 15) is 8.78 Å². The van der Waals surface area contributed by atoms with E-state index in [1.165, 1.54) is 6.07 Å². The largest absolute Gasteiger partial charge is 0.434 e. The van der Waals surface area contributed by atoms with E-state index >= 15 is 0 Å². The van der Waals surface area contributed by atoms with Crippen LogP contribution < -0.4 is 4.74 Å². The molecule has 1 nitrogen and oxygen atoms in total. The fourth-order valence-electron chi connectivity index (χ4n) is 1.77. The summed E-state index contributed by atoms with van der Waals surface area (Å²) in [6, 6.07) is 11.6. The summed E-state index contributed by atoms with van der Waals surface area (Å²) in [5.41, 5.74) is 1.29. The topological polar surface area (TPSA) is 9.23 Å². The first kappa shape index (κ1) is 15.5. The Labute approximate surface area is 133 Å². The molecule has 0 heterocycles. The van der Waals surface area contributed by atoms with Crippen molar-refractivity contribution in [3.05, 3.63) is 63.6 Å². The number of hydrogen-bond acceptors (Lipinski definition) is 1. The van der Waals surface area contributed by atoms with Crippen molar-refractivity contribution in [2.45, 2.75) is 11.4 Å². The fourth-order valence-corrected chi connectivity index (χ4v) is 3.19. The van der Waals surface area contributed by atoms with E-state index in [0.29, 0.717) is 15.6 Å². The molecular formula is C14H9BrCl2F2O. The van der Waals surface area contributed by atoms with E-state index < -0.39 is 6.61 Å². The molecular weight excluding hydrogens is 373 g/mol. The Hall–Kier alpha value is -0.840. The summed E-state index contributed by atoms with van der Waals surface area (Å²) >= 11 is 15.4. The van der Waals surface area contributed by atoms with Crippen molar-refractivity contribution in [2.24, 2.45) is 0 Å². The first-order chi connectivity index (χ1) is 9.49. The number of benzene rings is 2. The summed E-state index contributed by atoms with van der Waals surface area (Å²) in [4.78, 5) is -0.373. The zero-order valence-corrected chi connectivity index (χ0v) is 13.1. The van der Waals surface area contributed by atoms with Gasteiger partial charge in [0.15, 0.2) is 0 Å². The van der Waals surface area contributed by atoms with Gasteiger partial charge in [-0.1, -0.05) is 63.4 Å². The molecule has 0 bridgehead atoms. The van der Waals surface area contributed by atoms with Crippen LogP contribution in [0.1, 0.15) is 16.0 Å². The van der Waals surface area contributed by atoms with E-state index in [-0.39, 0.29) is 10.6 Å². The molecule has 0 aliphatic heterocycles. The van der Waals surface area contributed by atoms with Crippen LogP contribution in [0.3, 0.4) is 0 Å². The number of rotatable bonds is 4. The second-order valence-corrected chi connectivity index (χ2v) is 5.70. The van der Waals surface area contributed by atoms with Crippen molar-refractivity contribution < 1.29 is 13.5 Å². The number of ether oxygens (including phenoxy) is 1. The van der Waals surface area contributed by atoms with Gasteiger partial charge in [0.25, 0.3) is 0 Å². The molecule has 20 heavy (non-hydrogen) atoms. The zero-order valence-electron chi connectivity index (χ0n) is 9.99. The van der Waals surface area contributed by atoms with E-state index in [4.69, 9.17) is 23.2 Å². The quantitative estimate of drug-likeness (QED) is 0.583. The molecule has 0 aromatic heterocycles. The third-order valence-corrected chi connectivity index (χ3v) is 4.19. The highest BCUT2D eigenvalue weighted by Crippen LogP contribution is 2.40. The minimum atomic E-state index is -2.88. The van der Waals surface area contributed by atoms with Crippen LogP contribution in [0, 0.1) is 0 Å². The second kappa shape index (κ2) is 6.74. The summed E-state index contributed by atoms with van der Waals surface area (Å²) in [6.45, 7) is -2.88. The predicted molar refractivity (Wildman–Crippen MR) is 80.3 cm³/mol. The molecule has 2 aromatic carbocycles. The highest BCUT2D eigenvalue weighted by molar-refractivity contribution is 9.09. The van der Waals surface area contributed by atoms with E-state index in [1.807, 2.05) is 0 Å². The molecule has 1 atom stereocenters. The van der Waals surface area contributed by atoms with Gasteiger partial charge in [-0.15, -0.1) is 0 Å². The molecule has 0 radical (unpaired) electrons. The molecule has 0 amide bonds. The van der Waals surface area contributed by atoms with Gasteiger partial charge in [-0.3, -0.25) is 0 Å². The lowest BCUT2D eigenvalue weighted by molar-refractivity contribution is -0.0503. The summed E-state index contributed by atoms with van der Waals surface area (Å²) in [5.74, 6) is 0.107. The van der Waals surface area contributed by atoms with E-state index in [0.717, 1.165) is 5.56 Å². The molecule has 0 aliphatic rings. The van der Waals surface area contributed by atoms with Gasteiger partial charge in [-0.05, 0) is 23.8 Å². The highest BCUT2D eigenvalue weighted by atomic mass is 79.9. The highest BCUT2D eigenvalue weighted by Gasteiger charge is 2.19. The van der Waals surface area contributed by atoms with Crippen LogP contribution in [0.2, 0.25) is 10.0 Å². The normalized spacial score (nSPS) is 12.5. The number of para-hydroxylation sites is 1. The fraction of sp³-hybridized carbons (Fsp3) is 0.143. The molecule has 0 aliphatic carbocycles. The standard InChI is InChI=1S/C14H9BrCl2F2O/c15-13(9-6-5-8(16)7-11(9)17)10-3-1-2-4-12(10)20-14(18)19/h1-7,13-14H. The van der Waals surface area contributed by atoms with Crippen LogP contribution in [0.25, 0.3) is 0 Å². The maximum Gasteiger partial charge on any atom is 0.387 e. The molecule has 106 valence electrons. The van der Waals surface area contributed by atoms with Crippen LogP contribution in [-0.4, -0.2) is 6.61 Å². The van der Waals surface area contributed by atoms with Crippen LogP contribution in [0.4, 0.5) is 8.78 Å². The Morgan fingerprint density at radius 1 is 1.00 bits per heavy atom. The van der Waals surface area contributed by atoms with Gasteiger partial charge in [-0.25, -0.2) is 0 Å². The Morgan fingerprint density at radius 3 is 2.35 bits per heavy atom. The molecule has 2 rings (SSSR count). The van der Waals surface area contributed by atoms with Gasteiger partial charge in [0.1, 0.15) is 5.75 Å². The molecule has 6 heteroatoms. The van der Waals surface area contributed by atoms with Crippen LogP contribution in [0.15, 0.2) is 42.5 Å². The Bertz CT molecular complexity index is 607. The van der Waals surface area contributed by atoms with Gasteiger partial charge >= 0.3 is 6.61 Å². The van der Waals surface area contributed by atoms with E-state index in [2.05, 4.69) is 20.7 Å². The second-order valence-electron chi connectivity index (χ2n) is 3.94. The minimum Gasteiger partial charge on any atom is -0.434 e. The van der Waals surface area contributed by atoms with Crippen LogP contribution >= 0.6 is 39.1 Å². The maximum atomic E-state index is 12.4. The summed E-state index contributed by atoms with van der Waals surface area (Å²) < 4.78 is 29.4. The van der Waals surface area contributed by atoms with E-state index in [1.54, 1.807) is 36.4 Å². The predicted octanol–water partition coefficient (Wildman–Crippen LogP) is 6.08. The lowest BCUT2D eigenvalue weighted by Crippen LogP contribution is -2.05. The average Bonchev–Trinajstić information content (AvgIpc) is 2.38. The third-order valence-electron chi connectivity index (χ3n) is 2.64. The lowest BCUT2D eigenvalue weighted by Gasteiger charge is -2.17. The Balaban J connectivity index is 2.40. The smallest absolute Gasteiger partial charge is 0.387 e. The molecule has 0 N–H and O–H groups in total. The first-order valence-electron chi connectivity index (χ1n) is 5.62. The van der Waals surface area contributed by atoms with Crippen molar-refractivity contribution in [1.82, 2.24) is 0 Å². The maximum absolute atomic E-state index is 12.4. The van der Waals surface area contributed by atoms with Crippen molar-refractivity contribution in [1.29, 1.82) is 0 Å². The first-order valence-corrected chi connectivity index (χ1v) is 7.29. The minimum absolute atomic E-state index is 0.107. The van der Waals surface area contributed by atoms with Gasteiger partial charge in [0.2, 0.25) is 0 Å². The molecule has 0 saturated carbocycles. The number of halogens is 5.